The number of ether oxygens (including phenoxy) is 4. The SMILES string of the molecule is COC(=O)[C@@H]1CC[C@@H]2O[C@@H]2C1.COC(=O)[C@@H]1CC[C@H]2O[C@H]2C1. The zero-order valence-electron chi connectivity index (χ0n) is 13.2. The Hall–Kier alpha value is -1.14. The summed E-state index contributed by atoms with van der Waals surface area (Å²) in [7, 11) is 2.89. The quantitative estimate of drug-likeness (QED) is 0.567. The molecule has 0 amide bonds. The van der Waals surface area contributed by atoms with Gasteiger partial charge in [-0.05, 0) is 38.5 Å². The lowest BCUT2D eigenvalue weighted by Crippen LogP contribution is -2.22. The number of hydrogen-bond donors (Lipinski definition) is 0. The van der Waals surface area contributed by atoms with E-state index in [2.05, 4.69) is 9.47 Å². The van der Waals surface area contributed by atoms with Crippen molar-refractivity contribution in [3.63, 3.8) is 0 Å². The van der Waals surface area contributed by atoms with Crippen LogP contribution in [-0.4, -0.2) is 50.6 Å². The van der Waals surface area contributed by atoms with Crippen LogP contribution in [0.4, 0.5) is 0 Å². The van der Waals surface area contributed by atoms with Crippen molar-refractivity contribution in [2.75, 3.05) is 14.2 Å². The van der Waals surface area contributed by atoms with Gasteiger partial charge in [-0.3, -0.25) is 9.59 Å². The van der Waals surface area contributed by atoms with Crippen LogP contribution in [0.2, 0.25) is 0 Å². The van der Waals surface area contributed by atoms with Crippen LogP contribution in [0, 0.1) is 11.8 Å². The molecule has 6 atom stereocenters. The minimum atomic E-state index is -0.0704. The summed E-state index contributed by atoms with van der Waals surface area (Å²) in [5.74, 6) is 0.0606. The zero-order chi connectivity index (χ0) is 15.7. The summed E-state index contributed by atoms with van der Waals surface area (Å²) in [5.41, 5.74) is 0. The summed E-state index contributed by atoms with van der Waals surface area (Å²) < 4.78 is 19.9. The molecule has 0 aromatic heterocycles. The average molecular weight is 312 g/mol. The molecule has 0 aromatic carbocycles. The van der Waals surface area contributed by atoms with Crippen molar-refractivity contribution < 1.29 is 28.5 Å². The average Bonchev–Trinajstić information content (AvgIpc) is 3.46. The number of hydrogen-bond acceptors (Lipinski definition) is 6. The first kappa shape index (κ1) is 15.7. The third kappa shape index (κ3) is 3.60. The van der Waals surface area contributed by atoms with Crippen LogP contribution in [0.3, 0.4) is 0 Å². The Morgan fingerprint density at radius 3 is 1.45 bits per heavy atom. The monoisotopic (exact) mass is 312 g/mol. The number of carbonyl (C=O) groups excluding carboxylic acids is 2. The lowest BCUT2D eigenvalue weighted by atomic mass is 9.89. The molecule has 2 saturated carbocycles. The molecule has 4 aliphatic rings. The van der Waals surface area contributed by atoms with Gasteiger partial charge in [0.1, 0.15) is 0 Å². The normalized spacial score (nSPS) is 41.0. The Morgan fingerprint density at radius 1 is 0.727 bits per heavy atom. The molecule has 0 spiro atoms. The summed E-state index contributed by atoms with van der Waals surface area (Å²) in [4.78, 5) is 22.1. The van der Waals surface area contributed by atoms with Gasteiger partial charge in [0.25, 0.3) is 0 Å². The molecule has 0 aromatic rings. The molecule has 0 bridgehead atoms. The Balaban J connectivity index is 0.000000131. The fraction of sp³-hybridized carbons (Fsp3) is 0.875. The van der Waals surface area contributed by atoms with Gasteiger partial charge in [0, 0.05) is 0 Å². The lowest BCUT2D eigenvalue weighted by Gasteiger charge is -2.15. The van der Waals surface area contributed by atoms with E-state index < -0.39 is 0 Å². The van der Waals surface area contributed by atoms with Gasteiger partial charge in [-0.15, -0.1) is 0 Å². The molecule has 0 N–H and O–H groups in total. The molecule has 6 heteroatoms. The van der Waals surface area contributed by atoms with E-state index in [1.54, 1.807) is 0 Å². The van der Waals surface area contributed by atoms with Crippen LogP contribution in [0.15, 0.2) is 0 Å². The highest BCUT2D eigenvalue weighted by Gasteiger charge is 2.46. The lowest BCUT2D eigenvalue weighted by molar-refractivity contribution is -0.147. The molecule has 2 heterocycles. The van der Waals surface area contributed by atoms with Crippen molar-refractivity contribution in [3.8, 4) is 0 Å². The van der Waals surface area contributed by atoms with E-state index in [0.717, 1.165) is 38.5 Å². The summed E-state index contributed by atoms with van der Waals surface area (Å²) in [6.07, 6.45) is 7.36. The highest BCUT2D eigenvalue weighted by molar-refractivity contribution is 5.72. The number of fused-ring (bicyclic) bond motifs is 2. The minimum absolute atomic E-state index is 0.0704. The first-order valence-electron chi connectivity index (χ1n) is 8.09. The third-order valence-electron chi connectivity index (χ3n) is 5.08. The number of epoxide rings is 2. The molecule has 124 valence electrons. The van der Waals surface area contributed by atoms with Crippen molar-refractivity contribution in [1.29, 1.82) is 0 Å². The van der Waals surface area contributed by atoms with E-state index in [1.165, 1.54) is 14.2 Å². The van der Waals surface area contributed by atoms with Gasteiger partial charge >= 0.3 is 11.9 Å². The standard InChI is InChI=1S/2C8H12O3/c2*1-10-8(9)5-2-3-6-7(4-5)11-6/h2*5-7H,2-4H2,1H3/t5-,6+,7-;5-,6-,7+/m11/s1. The molecule has 4 fully saturated rings. The van der Waals surface area contributed by atoms with Gasteiger partial charge in [-0.2, -0.15) is 0 Å². The van der Waals surface area contributed by atoms with Crippen LogP contribution >= 0.6 is 0 Å². The summed E-state index contributed by atoms with van der Waals surface area (Å²) in [5, 5.41) is 0. The molecule has 2 saturated heterocycles. The number of methoxy groups -OCH3 is 2. The Kier molecular flexibility index (Phi) is 4.68. The maximum atomic E-state index is 11.1. The molecule has 6 nitrogen and oxygen atoms in total. The number of esters is 2. The van der Waals surface area contributed by atoms with Crippen LogP contribution in [0.25, 0.3) is 0 Å². The smallest absolute Gasteiger partial charge is 0.308 e. The van der Waals surface area contributed by atoms with Crippen LogP contribution < -0.4 is 0 Å². The van der Waals surface area contributed by atoms with E-state index >= 15 is 0 Å². The highest BCUT2D eigenvalue weighted by Crippen LogP contribution is 2.40. The van der Waals surface area contributed by atoms with Crippen molar-refractivity contribution >= 4 is 11.9 Å². The predicted molar refractivity (Wildman–Crippen MR) is 76.0 cm³/mol. The second kappa shape index (κ2) is 6.54. The van der Waals surface area contributed by atoms with E-state index in [4.69, 9.17) is 9.47 Å². The fourth-order valence-corrected chi connectivity index (χ4v) is 3.57. The summed E-state index contributed by atoms with van der Waals surface area (Å²) in [6, 6.07) is 0. The van der Waals surface area contributed by atoms with E-state index in [9.17, 15) is 9.59 Å². The van der Waals surface area contributed by atoms with Gasteiger partial charge in [-0.25, -0.2) is 0 Å². The second-order valence-electron chi connectivity index (χ2n) is 6.49. The van der Waals surface area contributed by atoms with Gasteiger partial charge in [0.15, 0.2) is 0 Å². The molecule has 22 heavy (non-hydrogen) atoms. The minimum Gasteiger partial charge on any atom is -0.469 e. The van der Waals surface area contributed by atoms with Crippen LogP contribution in [0.1, 0.15) is 38.5 Å². The zero-order valence-corrected chi connectivity index (χ0v) is 13.2. The topological polar surface area (TPSA) is 77.7 Å². The number of carbonyl (C=O) groups is 2. The van der Waals surface area contributed by atoms with E-state index in [0.29, 0.717) is 24.4 Å². The molecule has 2 aliphatic carbocycles. The van der Waals surface area contributed by atoms with Crippen LogP contribution in [0.5, 0.6) is 0 Å². The maximum Gasteiger partial charge on any atom is 0.308 e. The van der Waals surface area contributed by atoms with Crippen molar-refractivity contribution in [2.45, 2.75) is 62.9 Å². The first-order chi connectivity index (χ1) is 10.6. The van der Waals surface area contributed by atoms with Gasteiger partial charge in [0.05, 0.1) is 50.5 Å². The molecule has 2 aliphatic heterocycles. The predicted octanol–water partition coefficient (Wildman–Crippen LogP) is 1.45. The number of rotatable bonds is 2. The van der Waals surface area contributed by atoms with Gasteiger partial charge in [0.2, 0.25) is 0 Å². The molecular formula is C16H24O6. The Morgan fingerprint density at radius 2 is 1.14 bits per heavy atom. The molecule has 0 radical (unpaired) electrons. The summed E-state index contributed by atoms with van der Waals surface area (Å²) >= 11 is 0. The van der Waals surface area contributed by atoms with Crippen molar-refractivity contribution in [2.24, 2.45) is 11.8 Å². The fourth-order valence-electron chi connectivity index (χ4n) is 3.57. The molecule has 0 unspecified atom stereocenters. The Labute approximate surface area is 130 Å². The largest absolute Gasteiger partial charge is 0.469 e. The second-order valence-corrected chi connectivity index (χ2v) is 6.49. The maximum absolute atomic E-state index is 11.1. The van der Waals surface area contributed by atoms with Crippen molar-refractivity contribution in [1.82, 2.24) is 0 Å². The first-order valence-corrected chi connectivity index (χ1v) is 8.09. The summed E-state index contributed by atoms with van der Waals surface area (Å²) in [6.45, 7) is 0. The Bertz CT molecular complexity index is 396. The van der Waals surface area contributed by atoms with Gasteiger partial charge in [-0.1, -0.05) is 0 Å². The van der Waals surface area contributed by atoms with E-state index in [-0.39, 0.29) is 23.8 Å². The molecule has 4 rings (SSSR count). The van der Waals surface area contributed by atoms with Crippen molar-refractivity contribution in [3.05, 3.63) is 0 Å². The van der Waals surface area contributed by atoms with Gasteiger partial charge < -0.3 is 18.9 Å². The third-order valence-corrected chi connectivity index (χ3v) is 5.08. The van der Waals surface area contributed by atoms with E-state index in [1.807, 2.05) is 0 Å². The van der Waals surface area contributed by atoms with Crippen LogP contribution in [-0.2, 0) is 28.5 Å². The molecular weight excluding hydrogens is 288 g/mol. The highest BCUT2D eigenvalue weighted by atomic mass is 16.6.